The van der Waals surface area contributed by atoms with Crippen LogP contribution < -0.4 is 0 Å². The highest BCUT2D eigenvalue weighted by atomic mass is 16.4. The molecule has 0 atom stereocenters. The Hall–Kier alpha value is -1.65. The van der Waals surface area contributed by atoms with E-state index in [1.54, 1.807) is 0 Å². The van der Waals surface area contributed by atoms with Gasteiger partial charge in [-0.2, -0.15) is 0 Å². The average molecular weight is 141 g/mol. The maximum atomic E-state index is 10.1. The molecule has 1 aromatic rings. The molecule has 0 saturated carbocycles. The first-order valence-electron chi connectivity index (χ1n) is 2.38. The van der Waals surface area contributed by atoms with Gasteiger partial charge in [-0.1, -0.05) is 0 Å². The molecule has 5 heteroatoms. The van der Waals surface area contributed by atoms with Gasteiger partial charge in [-0.3, -0.25) is 4.79 Å². The minimum Gasteiger partial charge on any atom is -0.474 e. The molecular formula is C5H3NO4. The van der Waals surface area contributed by atoms with Crippen LogP contribution in [0, 0.1) is 0 Å². The fraction of sp³-hybridized carbons (Fsp3) is 0. The van der Waals surface area contributed by atoms with Crippen LogP contribution in [0.2, 0.25) is 0 Å². The standard InChI is InChI=1S/C5H3NO4/c7-2-3-1-6-4(10-3)5(8)9/h1-2H,(H,8,9). The van der Waals surface area contributed by atoms with Crippen LogP contribution in [-0.4, -0.2) is 22.3 Å². The number of carbonyl (C=O) groups is 2. The number of aromatic nitrogens is 1. The van der Waals surface area contributed by atoms with E-state index >= 15 is 0 Å². The van der Waals surface area contributed by atoms with Gasteiger partial charge < -0.3 is 9.52 Å². The second-order valence-electron chi connectivity index (χ2n) is 1.49. The number of nitrogens with zero attached hydrogens (tertiary/aromatic N) is 1. The number of hydrogen-bond donors (Lipinski definition) is 1. The Kier molecular flexibility index (Phi) is 1.49. The van der Waals surface area contributed by atoms with Crippen LogP contribution in [0.1, 0.15) is 21.2 Å². The Bertz CT molecular complexity index is 264. The number of carbonyl (C=O) groups excluding carboxylic acids is 1. The van der Waals surface area contributed by atoms with Gasteiger partial charge in [0.25, 0.3) is 0 Å². The molecule has 5 nitrogen and oxygen atoms in total. The lowest BCUT2D eigenvalue weighted by atomic mass is 10.6. The maximum Gasteiger partial charge on any atom is 0.392 e. The van der Waals surface area contributed by atoms with Crippen LogP contribution >= 0.6 is 0 Å². The van der Waals surface area contributed by atoms with Crippen LogP contribution in [0.15, 0.2) is 10.6 Å². The summed E-state index contributed by atoms with van der Waals surface area (Å²) in [6, 6.07) is 0. The van der Waals surface area contributed by atoms with Gasteiger partial charge in [0.05, 0.1) is 6.20 Å². The Labute approximate surface area is 55.3 Å². The Morgan fingerprint density at radius 3 is 2.80 bits per heavy atom. The Balaban J connectivity index is 2.98. The van der Waals surface area contributed by atoms with Crippen molar-refractivity contribution in [1.82, 2.24) is 4.98 Å². The zero-order valence-corrected chi connectivity index (χ0v) is 4.77. The number of aromatic carboxylic acids is 1. The quantitative estimate of drug-likeness (QED) is 0.594. The molecule has 1 aromatic heterocycles. The van der Waals surface area contributed by atoms with E-state index in [1.165, 1.54) is 0 Å². The molecule has 0 aromatic carbocycles. The number of oxazole rings is 1. The van der Waals surface area contributed by atoms with Gasteiger partial charge in [-0.25, -0.2) is 9.78 Å². The van der Waals surface area contributed by atoms with Crippen molar-refractivity contribution in [2.24, 2.45) is 0 Å². The normalized spacial score (nSPS) is 9.20. The SMILES string of the molecule is O=Cc1cnc(C(=O)O)o1. The van der Waals surface area contributed by atoms with E-state index in [9.17, 15) is 9.59 Å². The Morgan fingerprint density at radius 1 is 1.80 bits per heavy atom. The average Bonchev–Trinajstić information content (AvgIpc) is 2.34. The highest BCUT2D eigenvalue weighted by Crippen LogP contribution is 1.99. The summed E-state index contributed by atoms with van der Waals surface area (Å²) in [5.74, 6) is -1.84. The summed E-state index contributed by atoms with van der Waals surface area (Å²) in [5, 5.41) is 8.22. The first-order chi connectivity index (χ1) is 4.74. The molecule has 0 saturated heterocycles. The molecule has 0 aliphatic carbocycles. The van der Waals surface area contributed by atoms with E-state index < -0.39 is 11.9 Å². The van der Waals surface area contributed by atoms with Gasteiger partial charge in [0.1, 0.15) is 0 Å². The third kappa shape index (κ3) is 1.02. The van der Waals surface area contributed by atoms with E-state index in [0.717, 1.165) is 6.20 Å². The summed E-state index contributed by atoms with van der Waals surface area (Å²) in [6.07, 6.45) is 1.44. The third-order valence-electron chi connectivity index (χ3n) is 0.823. The maximum absolute atomic E-state index is 10.1. The molecule has 0 radical (unpaired) electrons. The van der Waals surface area contributed by atoms with Crippen LogP contribution in [0.3, 0.4) is 0 Å². The van der Waals surface area contributed by atoms with E-state index in [4.69, 9.17) is 5.11 Å². The van der Waals surface area contributed by atoms with Gasteiger partial charge in [0.15, 0.2) is 12.0 Å². The molecule has 0 aliphatic rings. The van der Waals surface area contributed by atoms with Crippen LogP contribution in [0.5, 0.6) is 0 Å². The highest BCUT2D eigenvalue weighted by Gasteiger charge is 2.09. The lowest BCUT2D eigenvalue weighted by Crippen LogP contribution is -1.94. The lowest BCUT2D eigenvalue weighted by molar-refractivity contribution is 0.0652. The number of carboxylic acid groups (broad SMARTS) is 1. The Morgan fingerprint density at radius 2 is 2.50 bits per heavy atom. The van der Waals surface area contributed by atoms with Gasteiger partial charge in [0, 0.05) is 0 Å². The minimum absolute atomic E-state index is 0.0857. The lowest BCUT2D eigenvalue weighted by Gasteiger charge is -1.79. The fourth-order valence-electron chi connectivity index (χ4n) is 0.440. The van der Waals surface area contributed by atoms with Crippen molar-refractivity contribution in [3.05, 3.63) is 17.8 Å². The van der Waals surface area contributed by atoms with Crippen molar-refractivity contribution in [2.75, 3.05) is 0 Å². The van der Waals surface area contributed by atoms with Gasteiger partial charge in [-0.05, 0) is 0 Å². The predicted octanol–water partition coefficient (Wildman–Crippen LogP) is 0.185. The molecule has 1 heterocycles. The molecule has 0 aliphatic heterocycles. The largest absolute Gasteiger partial charge is 0.474 e. The van der Waals surface area contributed by atoms with Crippen molar-refractivity contribution in [2.45, 2.75) is 0 Å². The number of aldehydes is 1. The first kappa shape index (κ1) is 6.47. The van der Waals surface area contributed by atoms with E-state index in [2.05, 4.69) is 9.40 Å². The number of rotatable bonds is 2. The number of carboxylic acids is 1. The second-order valence-corrected chi connectivity index (χ2v) is 1.49. The molecule has 1 N–H and O–H groups in total. The van der Waals surface area contributed by atoms with Crippen molar-refractivity contribution in [3.63, 3.8) is 0 Å². The topological polar surface area (TPSA) is 80.4 Å². The predicted molar refractivity (Wildman–Crippen MR) is 28.8 cm³/mol. The number of hydrogen-bond acceptors (Lipinski definition) is 4. The zero-order valence-electron chi connectivity index (χ0n) is 4.77. The zero-order chi connectivity index (χ0) is 7.56. The summed E-state index contributed by atoms with van der Waals surface area (Å²) in [5.41, 5.74) is 0. The fourth-order valence-corrected chi connectivity index (χ4v) is 0.440. The van der Waals surface area contributed by atoms with Gasteiger partial charge >= 0.3 is 11.9 Å². The molecule has 0 amide bonds. The first-order valence-corrected chi connectivity index (χ1v) is 2.38. The van der Waals surface area contributed by atoms with Crippen molar-refractivity contribution < 1.29 is 19.1 Å². The van der Waals surface area contributed by atoms with Crippen molar-refractivity contribution >= 4 is 12.3 Å². The molecular weight excluding hydrogens is 138 g/mol. The summed E-state index contributed by atoms with van der Waals surface area (Å²) in [6.45, 7) is 0. The third-order valence-corrected chi connectivity index (χ3v) is 0.823. The van der Waals surface area contributed by atoms with Crippen LogP contribution in [0.4, 0.5) is 0 Å². The van der Waals surface area contributed by atoms with Crippen LogP contribution in [-0.2, 0) is 0 Å². The summed E-state index contributed by atoms with van der Waals surface area (Å²) < 4.78 is 4.42. The molecule has 52 valence electrons. The highest BCUT2D eigenvalue weighted by molar-refractivity contribution is 5.83. The summed E-state index contributed by atoms with van der Waals surface area (Å²) in [7, 11) is 0. The molecule has 0 unspecified atom stereocenters. The van der Waals surface area contributed by atoms with Gasteiger partial charge in [-0.15, -0.1) is 0 Å². The summed E-state index contributed by atoms with van der Waals surface area (Å²) >= 11 is 0. The molecule has 0 fully saturated rings. The monoisotopic (exact) mass is 141 g/mol. The van der Waals surface area contributed by atoms with Crippen molar-refractivity contribution in [3.8, 4) is 0 Å². The second kappa shape index (κ2) is 2.30. The van der Waals surface area contributed by atoms with E-state index in [0.29, 0.717) is 6.29 Å². The summed E-state index contributed by atoms with van der Waals surface area (Å²) in [4.78, 5) is 23.3. The van der Waals surface area contributed by atoms with Crippen molar-refractivity contribution in [1.29, 1.82) is 0 Å². The minimum atomic E-state index is -1.28. The van der Waals surface area contributed by atoms with Gasteiger partial charge in [0.2, 0.25) is 0 Å². The molecule has 0 spiro atoms. The molecule has 1 rings (SSSR count). The molecule has 10 heavy (non-hydrogen) atoms. The van der Waals surface area contributed by atoms with Crippen LogP contribution in [0.25, 0.3) is 0 Å². The smallest absolute Gasteiger partial charge is 0.392 e. The van der Waals surface area contributed by atoms with E-state index in [1.807, 2.05) is 0 Å². The molecule has 0 bridgehead atoms. The van der Waals surface area contributed by atoms with E-state index in [-0.39, 0.29) is 5.76 Å².